The fourth-order valence-corrected chi connectivity index (χ4v) is 2.81. The van der Waals surface area contributed by atoms with E-state index in [1.54, 1.807) is 0 Å². The monoisotopic (exact) mass is 240 g/mol. The molecule has 1 fully saturated rings. The van der Waals surface area contributed by atoms with Crippen molar-refractivity contribution in [3.8, 4) is 0 Å². The van der Waals surface area contributed by atoms with E-state index in [4.69, 9.17) is 5.73 Å². The van der Waals surface area contributed by atoms with E-state index >= 15 is 0 Å². The molecular formula is C11H20N4S. The van der Waals surface area contributed by atoms with E-state index in [1.807, 2.05) is 0 Å². The van der Waals surface area contributed by atoms with Gasteiger partial charge in [-0.25, -0.2) is 4.98 Å². The van der Waals surface area contributed by atoms with Crippen LogP contribution in [-0.2, 0) is 6.42 Å². The zero-order valence-electron chi connectivity index (χ0n) is 9.78. The molecule has 5 heteroatoms. The van der Waals surface area contributed by atoms with Crippen LogP contribution >= 0.6 is 11.5 Å². The Morgan fingerprint density at radius 2 is 2.38 bits per heavy atom. The van der Waals surface area contributed by atoms with Crippen LogP contribution in [0.4, 0.5) is 5.13 Å². The van der Waals surface area contributed by atoms with Crippen LogP contribution in [0.2, 0.25) is 0 Å². The van der Waals surface area contributed by atoms with Gasteiger partial charge in [-0.2, -0.15) is 4.37 Å². The normalized spacial score (nSPS) is 24.9. The third-order valence-corrected chi connectivity index (χ3v) is 3.89. The standard InChI is InChI=1S/C11H20N4S/c1-2-4-10-14-11(16-15-10)13-7-8-5-3-6-9(8)12/h8-9H,2-7,12H2,1H3,(H,13,14,15). The highest BCUT2D eigenvalue weighted by Gasteiger charge is 2.23. The number of hydrogen-bond acceptors (Lipinski definition) is 5. The van der Waals surface area contributed by atoms with Crippen molar-refractivity contribution in [1.29, 1.82) is 0 Å². The molecule has 3 N–H and O–H groups in total. The van der Waals surface area contributed by atoms with Gasteiger partial charge in [0.15, 0.2) is 0 Å². The first-order chi connectivity index (χ1) is 7.79. The molecule has 1 aromatic rings. The van der Waals surface area contributed by atoms with Crippen LogP contribution in [-0.4, -0.2) is 21.9 Å². The van der Waals surface area contributed by atoms with Crippen molar-refractivity contribution < 1.29 is 0 Å². The molecule has 2 atom stereocenters. The molecule has 4 nitrogen and oxygen atoms in total. The maximum atomic E-state index is 6.02. The molecule has 1 saturated carbocycles. The molecule has 2 rings (SSSR count). The number of nitrogens with zero attached hydrogens (tertiary/aromatic N) is 2. The molecule has 0 saturated heterocycles. The van der Waals surface area contributed by atoms with Gasteiger partial charge >= 0.3 is 0 Å². The van der Waals surface area contributed by atoms with Crippen molar-refractivity contribution in [2.75, 3.05) is 11.9 Å². The number of anilines is 1. The quantitative estimate of drug-likeness (QED) is 0.826. The van der Waals surface area contributed by atoms with Gasteiger partial charge in [0, 0.05) is 30.5 Å². The highest BCUT2D eigenvalue weighted by atomic mass is 32.1. The molecule has 0 aromatic carbocycles. The summed E-state index contributed by atoms with van der Waals surface area (Å²) < 4.78 is 4.31. The highest BCUT2D eigenvalue weighted by Crippen LogP contribution is 2.24. The first-order valence-electron chi connectivity index (χ1n) is 6.11. The maximum Gasteiger partial charge on any atom is 0.202 e. The fourth-order valence-electron chi connectivity index (χ4n) is 2.19. The Labute approximate surface area is 101 Å². The van der Waals surface area contributed by atoms with Crippen molar-refractivity contribution in [3.63, 3.8) is 0 Å². The lowest BCUT2D eigenvalue weighted by molar-refractivity contribution is 0.505. The topological polar surface area (TPSA) is 63.8 Å². The van der Waals surface area contributed by atoms with Crippen LogP contribution < -0.4 is 11.1 Å². The molecular weight excluding hydrogens is 220 g/mol. The summed E-state index contributed by atoms with van der Waals surface area (Å²) in [5.41, 5.74) is 6.02. The van der Waals surface area contributed by atoms with E-state index < -0.39 is 0 Å². The van der Waals surface area contributed by atoms with Crippen LogP contribution in [0.1, 0.15) is 38.4 Å². The van der Waals surface area contributed by atoms with Crippen molar-refractivity contribution in [2.24, 2.45) is 11.7 Å². The minimum atomic E-state index is 0.371. The largest absolute Gasteiger partial charge is 0.360 e. The number of aryl methyl sites for hydroxylation is 1. The van der Waals surface area contributed by atoms with E-state index in [2.05, 4.69) is 21.6 Å². The van der Waals surface area contributed by atoms with Gasteiger partial charge in [0.05, 0.1) is 0 Å². The SMILES string of the molecule is CCCc1nsc(NCC2CCCC2N)n1. The predicted molar refractivity (Wildman–Crippen MR) is 67.7 cm³/mol. The van der Waals surface area contributed by atoms with E-state index in [-0.39, 0.29) is 0 Å². The summed E-state index contributed by atoms with van der Waals surface area (Å²) in [7, 11) is 0. The Balaban J connectivity index is 1.80. The molecule has 16 heavy (non-hydrogen) atoms. The number of rotatable bonds is 5. The van der Waals surface area contributed by atoms with Gasteiger partial charge in [0.25, 0.3) is 0 Å². The molecule has 1 aliphatic carbocycles. The second kappa shape index (κ2) is 5.59. The van der Waals surface area contributed by atoms with Crippen molar-refractivity contribution in [3.05, 3.63) is 5.82 Å². The zero-order chi connectivity index (χ0) is 11.4. The Kier molecular flexibility index (Phi) is 4.12. The molecule has 1 heterocycles. The van der Waals surface area contributed by atoms with Gasteiger partial charge in [0.1, 0.15) is 5.82 Å². The Hall–Kier alpha value is -0.680. The van der Waals surface area contributed by atoms with Gasteiger partial charge in [-0.15, -0.1) is 0 Å². The van der Waals surface area contributed by atoms with Gasteiger partial charge in [0.2, 0.25) is 5.13 Å². The van der Waals surface area contributed by atoms with Gasteiger partial charge in [-0.3, -0.25) is 0 Å². The van der Waals surface area contributed by atoms with Crippen molar-refractivity contribution >= 4 is 16.7 Å². The summed E-state index contributed by atoms with van der Waals surface area (Å²) in [6, 6.07) is 0.371. The van der Waals surface area contributed by atoms with E-state index in [0.717, 1.165) is 30.3 Å². The van der Waals surface area contributed by atoms with Crippen LogP contribution in [0.15, 0.2) is 0 Å². The minimum Gasteiger partial charge on any atom is -0.360 e. The van der Waals surface area contributed by atoms with Gasteiger partial charge < -0.3 is 11.1 Å². The minimum absolute atomic E-state index is 0.371. The lowest BCUT2D eigenvalue weighted by Gasteiger charge is -2.14. The summed E-state index contributed by atoms with van der Waals surface area (Å²) in [4.78, 5) is 4.44. The molecule has 0 aliphatic heterocycles. The molecule has 1 aliphatic rings. The zero-order valence-corrected chi connectivity index (χ0v) is 10.6. The molecule has 0 radical (unpaired) electrons. The van der Waals surface area contributed by atoms with Crippen molar-refractivity contribution in [2.45, 2.75) is 45.1 Å². The van der Waals surface area contributed by atoms with E-state index in [0.29, 0.717) is 12.0 Å². The Morgan fingerprint density at radius 1 is 1.50 bits per heavy atom. The molecule has 90 valence electrons. The number of hydrogen-bond donors (Lipinski definition) is 2. The first-order valence-corrected chi connectivity index (χ1v) is 6.89. The Bertz CT molecular complexity index is 326. The maximum absolute atomic E-state index is 6.02. The first kappa shape index (κ1) is 11.8. The lowest BCUT2D eigenvalue weighted by Crippen LogP contribution is -2.29. The summed E-state index contributed by atoms with van der Waals surface area (Å²) in [5.74, 6) is 1.57. The van der Waals surface area contributed by atoms with Crippen LogP contribution in [0, 0.1) is 5.92 Å². The molecule has 2 unspecified atom stereocenters. The molecule has 0 amide bonds. The smallest absolute Gasteiger partial charge is 0.202 e. The average molecular weight is 240 g/mol. The number of nitrogens with two attached hydrogens (primary N) is 1. The average Bonchev–Trinajstić information content (AvgIpc) is 2.86. The second-order valence-corrected chi connectivity index (χ2v) is 5.25. The second-order valence-electron chi connectivity index (χ2n) is 4.50. The number of nitrogens with one attached hydrogen (secondary N) is 1. The van der Waals surface area contributed by atoms with Crippen LogP contribution in [0.3, 0.4) is 0 Å². The summed E-state index contributed by atoms with van der Waals surface area (Å²) in [6.45, 7) is 3.09. The molecule has 0 bridgehead atoms. The third-order valence-electron chi connectivity index (χ3n) is 3.18. The summed E-state index contributed by atoms with van der Waals surface area (Å²) in [6.07, 6.45) is 5.76. The molecule has 1 aromatic heterocycles. The van der Waals surface area contributed by atoms with E-state index in [9.17, 15) is 0 Å². The predicted octanol–water partition coefficient (Wildman–Crippen LogP) is 2.03. The van der Waals surface area contributed by atoms with Gasteiger partial charge in [-0.1, -0.05) is 13.3 Å². The lowest BCUT2D eigenvalue weighted by atomic mass is 10.1. The van der Waals surface area contributed by atoms with Crippen LogP contribution in [0.25, 0.3) is 0 Å². The third kappa shape index (κ3) is 2.92. The van der Waals surface area contributed by atoms with Crippen LogP contribution in [0.5, 0.6) is 0 Å². The van der Waals surface area contributed by atoms with Crippen molar-refractivity contribution in [1.82, 2.24) is 9.36 Å². The van der Waals surface area contributed by atoms with E-state index in [1.165, 1.54) is 30.8 Å². The summed E-state index contributed by atoms with van der Waals surface area (Å²) in [5, 5.41) is 4.31. The highest BCUT2D eigenvalue weighted by molar-refractivity contribution is 7.09. The number of aromatic nitrogens is 2. The Morgan fingerprint density at radius 3 is 3.06 bits per heavy atom. The van der Waals surface area contributed by atoms with Gasteiger partial charge in [-0.05, 0) is 25.2 Å². The fraction of sp³-hybridized carbons (Fsp3) is 0.818. The summed E-state index contributed by atoms with van der Waals surface area (Å²) >= 11 is 1.46. The molecule has 0 spiro atoms.